The Morgan fingerprint density at radius 2 is 1.89 bits per heavy atom. The fraction of sp³-hybridized carbons (Fsp3) is 0.857. The van der Waals surface area contributed by atoms with Crippen LogP contribution in [0, 0.1) is 17.8 Å². The zero-order valence-corrected chi connectivity index (χ0v) is 12.0. The second kappa shape index (κ2) is 5.39. The van der Waals surface area contributed by atoms with E-state index in [-0.39, 0.29) is 12.1 Å². The summed E-state index contributed by atoms with van der Waals surface area (Å²) in [5.74, 6) is -0.0190. The summed E-state index contributed by atoms with van der Waals surface area (Å²) in [6.45, 7) is 8.43. The molecule has 1 N–H and O–H groups in total. The Morgan fingerprint density at radius 3 is 2.37 bits per heavy atom. The lowest BCUT2D eigenvalue weighted by Crippen LogP contribution is -2.45. The molecule has 0 bridgehead atoms. The Labute approximate surface area is 114 Å². The number of aliphatic carboxylic acids is 1. The number of carbonyl (C=O) groups is 2. The van der Waals surface area contributed by atoms with Gasteiger partial charge >= 0.3 is 12.0 Å². The van der Waals surface area contributed by atoms with Crippen LogP contribution in [0.2, 0.25) is 0 Å². The Hall–Kier alpha value is -1.26. The number of likely N-dealkylation sites (tertiary alicyclic amines) is 2. The Balaban J connectivity index is 1.96. The third-order valence-corrected chi connectivity index (χ3v) is 4.76. The second-order valence-electron chi connectivity index (χ2n) is 6.19. The summed E-state index contributed by atoms with van der Waals surface area (Å²) in [6.07, 6.45) is 1.64. The molecule has 0 aromatic heterocycles. The van der Waals surface area contributed by atoms with E-state index >= 15 is 0 Å². The van der Waals surface area contributed by atoms with Gasteiger partial charge in [-0.05, 0) is 31.6 Å². The number of carbonyl (C=O) groups excluding carboxylic acids is 1. The normalized spacial score (nSPS) is 31.3. The quantitative estimate of drug-likeness (QED) is 0.831. The van der Waals surface area contributed by atoms with E-state index in [1.807, 2.05) is 11.8 Å². The lowest BCUT2D eigenvalue weighted by Gasteiger charge is -2.29. The van der Waals surface area contributed by atoms with Crippen molar-refractivity contribution in [3.8, 4) is 0 Å². The van der Waals surface area contributed by atoms with Gasteiger partial charge in [0.15, 0.2) is 0 Å². The van der Waals surface area contributed by atoms with Gasteiger partial charge in [0.2, 0.25) is 0 Å². The van der Waals surface area contributed by atoms with Gasteiger partial charge in [0, 0.05) is 25.7 Å². The molecular formula is C14H24N2O3. The molecule has 2 amide bonds. The first-order valence-electron chi connectivity index (χ1n) is 7.20. The van der Waals surface area contributed by atoms with Gasteiger partial charge in [-0.2, -0.15) is 0 Å². The molecule has 0 aromatic carbocycles. The molecule has 0 aromatic rings. The maximum Gasteiger partial charge on any atom is 0.320 e. The largest absolute Gasteiger partial charge is 0.481 e. The third-order valence-electron chi connectivity index (χ3n) is 4.76. The fourth-order valence-corrected chi connectivity index (χ4v) is 3.23. The zero-order chi connectivity index (χ0) is 14.2. The number of hydrogen-bond acceptors (Lipinski definition) is 2. The van der Waals surface area contributed by atoms with Crippen LogP contribution in [0.3, 0.4) is 0 Å². The maximum atomic E-state index is 12.5. The minimum absolute atomic E-state index is 0.0272. The maximum absolute atomic E-state index is 12.5. The summed E-state index contributed by atoms with van der Waals surface area (Å²) in [7, 11) is 0. The molecule has 2 aliphatic heterocycles. The molecule has 5 heteroatoms. The summed E-state index contributed by atoms with van der Waals surface area (Å²) in [5.41, 5.74) is 0. The highest BCUT2D eigenvalue weighted by atomic mass is 16.4. The van der Waals surface area contributed by atoms with Gasteiger partial charge in [-0.15, -0.1) is 0 Å². The molecule has 5 nitrogen and oxygen atoms in total. The Morgan fingerprint density at radius 1 is 1.21 bits per heavy atom. The highest BCUT2D eigenvalue weighted by Gasteiger charge is 2.41. The highest BCUT2D eigenvalue weighted by Crippen LogP contribution is 2.29. The smallest absolute Gasteiger partial charge is 0.320 e. The fourth-order valence-electron chi connectivity index (χ4n) is 3.23. The lowest BCUT2D eigenvalue weighted by molar-refractivity contribution is -0.142. The van der Waals surface area contributed by atoms with Crippen LogP contribution >= 0.6 is 0 Å². The Kier molecular flexibility index (Phi) is 4.02. The van der Waals surface area contributed by atoms with E-state index in [2.05, 4.69) is 13.8 Å². The van der Waals surface area contributed by atoms with Crippen LogP contribution in [-0.4, -0.2) is 52.6 Å². The first-order chi connectivity index (χ1) is 8.91. The van der Waals surface area contributed by atoms with Gasteiger partial charge in [-0.25, -0.2) is 4.79 Å². The minimum atomic E-state index is -0.788. The average Bonchev–Trinajstić information content (AvgIpc) is 2.94. The molecule has 0 spiro atoms. The molecule has 3 atom stereocenters. The molecule has 19 heavy (non-hydrogen) atoms. The predicted octanol–water partition coefficient (Wildman–Crippen LogP) is 1.88. The lowest BCUT2D eigenvalue weighted by atomic mass is 9.95. The van der Waals surface area contributed by atoms with Gasteiger partial charge in [0.05, 0.1) is 5.92 Å². The number of carboxylic acid groups (broad SMARTS) is 1. The molecule has 2 aliphatic rings. The standard InChI is InChI=1S/C14H24N2O3/c1-9(2)11-4-6-15(8-11)14(19)16-7-5-12(10(16)3)13(17)18/h9-12H,4-8H2,1-3H3,(H,17,18). The molecule has 0 saturated carbocycles. The van der Waals surface area contributed by atoms with Crippen molar-refractivity contribution in [2.24, 2.45) is 17.8 Å². The van der Waals surface area contributed by atoms with Crippen molar-refractivity contribution < 1.29 is 14.7 Å². The molecule has 0 radical (unpaired) electrons. The zero-order valence-electron chi connectivity index (χ0n) is 12.0. The van der Waals surface area contributed by atoms with Crippen molar-refractivity contribution in [3.05, 3.63) is 0 Å². The van der Waals surface area contributed by atoms with Crippen molar-refractivity contribution in [2.45, 2.75) is 39.7 Å². The van der Waals surface area contributed by atoms with Crippen LogP contribution in [-0.2, 0) is 4.79 Å². The molecule has 108 valence electrons. The molecule has 0 aliphatic carbocycles. The molecule has 2 rings (SSSR count). The van der Waals surface area contributed by atoms with Crippen LogP contribution in [0.15, 0.2) is 0 Å². The van der Waals surface area contributed by atoms with Gasteiger partial charge in [-0.1, -0.05) is 13.8 Å². The average molecular weight is 268 g/mol. The van der Waals surface area contributed by atoms with Crippen LogP contribution in [0.25, 0.3) is 0 Å². The first kappa shape index (κ1) is 14.2. The third kappa shape index (κ3) is 2.69. The Bertz CT molecular complexity index is 370. The van der Waals surface area contributed by atoms with E-state index in [1.165, 1.54) is 0 Å². The van der Waals surface area contributed by atoms with Gasteiger partial charge in [0.1, 0.15) is 0 Å². The first-order valence-corrected chi connectivity index (χ1v) is 7.20. The molecule has 2 saturated heterocycles. The summed E-state index contributed by atoms with van der Waals surface area (Å²) < 4.78 is 0. The van der Waals surface area contributed by atoms with Crippen LogP contribution in [0.4, 0.5) is 4.79 Å². The van der Waals surface area contributed by atoms with Crippen molar-refractivity contribution in [2.75, 3.05) is 19.6 Å². The van der Waals surface area contributed by atoms with Gasteiger partial charge in [0.25, 0.3) is 0 Å². The summed E-state index contributed by atoms with van der Waals surface area (Å²) in [6, 6.07) is -0.164. The number of amides is 2. The predicted molar refractivity (Wildman–Crippen MR) is 71.8 cm³/mol. The van der Waals surface area contributed by atoms with Gasteiger partial charge in [-0.3, -0.25) is 4.79 Å². The second-order valence-corrected chi connectivity index (χ2v) is 6.19. The van der Waals surface area contributed by atoms with E-state index in [0.717, 1.165) is 19.5 Å². The van der Waals surface area contributed by atoms with Crippen molar-refractivity contribution >= 4 is 12.0 Å². The molecular weight excluding hydrogens is 244 g/mol. The van der Waals surface area contributed by atoms with Crippen molar-refractivity contribution in [1.82, 2.24) is 9.80 Å². The van der Waals surface area contributed by atoms with E-state index in [9.17, 15) is 9.59 Å². The summed E-state index contributed by atoms with van der Waals surface area (Å²) in [4.78, 5) is 27.2. The van der Waals surface area contributed by atoms with Crippen LogP contribution in [0.5, 0.6) is 0 Å². The number of rotatable bonds is 2. The SMILES string of the molecule is CC(C)C1CCN(C(=O)N2CCC(C(=O)O)C2C)C1. The van der Waals surface area contributed by atoms with Crippen molar-refractivity contribution in [1.29, 1.82) is 0 Å². The van der Waals surface area contributed by atoms with Crippen LogP contribution in [0.1, 0.15) is 33.6 Å². The van der Waals surface area contributed by atoms with E-state index in [4.69, 9.17) is 5.11 Å². The molecule has 2 fully saturated rings. The molecule has 3 unspecified atom stereocenters. The van der Waals surface area contributed by atoms with E-state index in [1.54, 1.807) is 4.90 Å². The minimum Gasteiger partial charge on any atom is -0.481 e. The monoisotopic (exact) mass is 268 g/mol. The van der Waals surface area contributed by atoms with E-state index in [0.29, 0.717) is 24.8 Å². The number of hydrogen-bond donors (Lipinski definition) is 1. The number of nitrogens with zero attached hydrogens (tertiary/aromatic N) is 2. The number of urea groups is 1. The van der Waals surface area contributed by atoms with Gasteiger partial charge < -0.3 is 14.9 Å². The van der Waals surface area contributed by atoms with E-state index < -0.39 is 11.9 Å². The van der Waals surface area contributed by atoms with Crippen molar-refractivity contribution in [3.63, 3.8) is 0 Å². The van der Waals surface area contributed by atoms with Crippen LogP contribution < -0.4 is 0 Å². The molecule has 2 heterocycles. The topological polar surface area (TPSA) is 60.9 Å². The summed E-state index contributed by atoms with van der Waals surface area (Å²) >= 11 is 0. The number of carboxylic acids is 1. The highest BCUT2D eigenvalue weighted by molar-refractivity contribution is 5.78. The summed E-state index contributed by atoms with van der Waals surface area (Å²) in [5, 5.41) is 9.11.